The van der Waals surface area contributed by atoms with Crippen molar-refractivity contribution in [3.63, 3.8) is 0 Å². The number of ether oxygens (including phenoxy) is 8. The summed E-state index contributed by atoms with van der Waals surface area (Å²) >= 11 is 0. The first-order valence-electron chi connectivity index (χ1n) is 24.4. The average Bonchev–Trinajstić information content (AvgIpc) is 3.25. The molecule has 0 spiro atoms. The number of benzene rings is 4. The van der Waals surface area contributed by atoms with Crippen LogP contribution in [0.1, 0.15) is 169 Å². The summed E-state index contributed by atoms with van der Waals surface area (Å²) in [4.78, 5) is 49.7. The Hall–Kier alpha value is -6.04. The van der Waals surface area contributed by atoms with Crippen LogP contribution in [0.2, 0.25) is 0 Å². The first-order valence-corrected chi connectivity index (χ1v) is 24.4. The number of rotatable bonds is 23. The van der Waals surface area contributed by atoms with Crippen molar-refractivity contribution in [2.45, 2.75) is 169 Å². The third kappa shape index (κ3) is 21.3. The van der Waals surface area contributed by atoms with Gasteiger partial charge in [0.25, 0.3) is 0 Å². The molecule has 0 amide bonds. The Morgan fingerprint density at radius 2 is 0.586 bits per heavy atom. The van der Waals surface area contributed by atoms with Gasteiger partial charge in [-0.1, -0.05) is 62.4 Å². The van der Waals surface area contributed by atoms with Gasteiger partial charge in [-0.05, 0) is 203 Å². The van der Waals surface area contributed by atoms with Crippen molar-refractivity contribution >= 4 is 23.9 Å². The Kier molecular flexibility index (Phi) is 20.3. The zero-order valence-corrected chi connectivity index (χ0v) is 44.1. The average molecular weight is 967 g/mol. The topological polar surface area (TPSA) is 142 Å². The summed E-state index contributed by atoms with van der Waals surface area (Å²) in [7, 11) is 0. The van der Waals surface area contributed by atoms with E-state index in [1.165, 1.54) is 0 Å². The second-order valence-corrected chi connectivity index (χ2v) is 21.9. The normalized spacial score (nSPS) is 13.7. The minimum absolute atomic E-state index is 0.0623. The third-order valence-corrected chi connectivity index (χ3v) is 10.9. The second-order valence-electron chi connectivity index (χ2n) is 21.9. The first-order chi connectivity index (χ1) is 32.6. The van der Waals surface area contributed by atoms with Gasteiger partial charge in [-0.2, -0.15) is 0 Å². The van der Waals surface area contributed by atoms with E-state index >= 15 is 0 Å². The summed E-state index contributed by atoms with van der Waals surface area (Å²) in [6.45, 7) is 25.5. The van der Waals surface area contributed by atoms with Gasteiger partial charge in [0, 0.05) is 0 Å². The van der Waals surface area contributed by atoms with Gasteiger partial charge in [-0.3, -0.25) is 0 Å². The number of carbonyl (C=O) groups is 4. The van der Waals surface area contributed by atoms with Crippen LogP contribution >= 0.6 is 0 Å². The molecular formula is C58H78O12. The molecule has 4 rings (SSSR count). The highest BCUT2D eigenvalue weighted by atomic mass is 16.6. The van der Waals surface area contributed by atoms with Crippen LogP contribution < -0.4 is 18.9 Å². The SMILES string of the molecule is CCC(CC(CC(CC(C)c1ccc(OCC(=O)OC(C)(C)C)cc1)c1ccc(OCC(=O)OC(C)(C)C)cc1)c1ccc(OCC(=O)OC(C)(C)C)cc1)c1ccc(OCC(=O)OC(C)(C)C)cc1. The molecule has 0 aromatic heterocycles. The Balaban J connectivity index is 1.66. The van der Waals surface area contributed by atoms with Crippen molar-refractivity contribution in [1.82, 2.24) is 0 Å². The van der Waals surface area contributed by atoms with Crippen molar-refractivity contribution in [2.75, 3.05) is 26.4 Å². The molecule has 4 unspecified atom stereocenters. The van der Waals surface area contributed by atoms with E-state index in [9.17, 15) is 19.2 Å². The van der Waals surface area contributed by atoms with E-state index in [1.807, 2.05) is 144 Å². The summed E-state index contributed by atoms with van der Waals surface area (Å²) in [5, 5.41) is 0. The maximum Gasteiger partial charge on any atom is 0.344 e. The predicted molar refractivity (Wildman–Crippen MR) is 272 cm³/mol. The molecule has 12 heteroatoms. The molecule has 0 aliphatic heterocycles. The molecule has 70 heavy (non-hydrogen) atoms. The van der Waals surface area contributed by atoms with E-state index < -0.39 is 46.3 Å². The van der Waals surface area contributed by atoms with Crippen LogP contribution in [0.4, 0.5) is 0 Å². The highest BCUT2D eigenvalue weighted by molar-refractivity contribution is 5.73. The summed E-state index contributed by atoms with van der Waals surface area (Å²) in [6.07, 6.45) is 3.27. The van der Waals surface area contributed by atoms with Crippen LogP contribution in [0.25, 0.3) is 0 Å². The fourth-order valence-electron chi connectivity index (χ4n) is 7.98. The van der Waals surface area contributed by atoms with Crippen molar-refractivity contribution in [3.8, 4) is 23.0 Å². The van der Waals surface area contributed by atoms with Crippen molar-refractivity contribution < 1.29 is 57.1 Å². The Morgan fingerprint density at radius 3 is 0.843 bits per heavy atom. The van der Waals surface area contributed by atoms with Crippen LogP contribution in [-0.2, 0) is 38.1 Å². The van der Waals surface area contributed by atoms with Crippen LogP contribution in [0.3, 0.4) is 0 Å². The maximum absolute atomic E-state index is 12.5. The van der Waals surface area contributed by atoms with Crippen molar-refractivity contribution in [2.24, 2.45) is 0 Å². The van der Waals surface area contributed by atoms with Gasteiger partial charge in [0.15, 0.2) is 26.4 Å². The highest BCUT2D eigenvalue weighted by Gasteiger charge is 2.27. The van der Waals surface area contributed by atoms with E-state index in [0.717, 1.165) is 47.9 Å². The molecule has 0 bridgehead atoms. The summed E-state index contributed by atoms with van der Waals surface area (Å²) in [5.41, 5.74) is 2.07. The van der Waals surface area contributed by atoms with Gasteiger partial charge >= 0.3 is 23.9 Å². The van der Waals surface area contributed by atoms with Crippen LogP contribution in [-0.4, -0.2) is 72.7 Å². The Bertz CT molecular complexity index is 2250. The fraction of sp³-hybridized carbons (Fsp3) is 0.517. The molecule has 4 aromatic carbocycles. The largest absolute Gasteiger partial charge is 0.482 e. The van der Waals surface area contributed by atoms with Gasteiger partial charge in [0.05, 0.1) is 0 Å². The first kappa shape index (κ1) is 56.5. The summed E-state index contributed by atoms with van der Waals surface area (Å²) in [6, 6.07) is 31.7. The lowest BCUT2D eigenvalue weighted by molar-refractivity contribution is -0.158. The number of esters is 4. The summed E-state index contributed by atoms with van der Waals surface area (Å²) < 4.78 is 45.1. The molecule has 4 atom stereocenters. The zero-order chi connectivity index (χ0) is 51.9. The van der Waals surface area contributed by atoms with E-state index in [2.05, 4.69) is 50.2 Å². The van der Waals surface area contributed by atoms with Crippen LogP contribution in [0.15, 0.2) is 97.1 Å². The van der Waals surface area contributed by atoms with Crippen molar-refractivity contribution in [1.29, 1.82) is 0 Å². The van der Waals surface area contributed by atoms with Crippen LogP contribution in [0, 0.1) is 0 Å². The molecule has 0 N–H and O–H groups in total. The molecule has 382 valence electrons. The van der Waals surface area contributed by atoms with E-state index in [4.69, 9.17) is 37.9 Å². The number of hydrogen-bond donors (Lipinski definition) is 0. The van der Waals surface area contributed by atoms with Crippen LogP contribution in [0.5, 0.6) is 23.0 Å². The van der Waals surface area contributed by atoms with Gasteiger partial charge in [-0.25, -0.2) is 19.2 Å². The number of carbonyl (C=O) groups excluding carboxylic acids is 4. The lowest BCUT2D eigenvalue weighted by atomic mass is 9.75. The maximum atomic E-state index is 12.5. The van der Waals surface area contributed by atoms with E-state index in [1.54, 1.807) is 0 Å². The van der Waals surface area contributed by atoms with Gasteiger partial charge in [0.2, 0.25) is 0 Å². The third-order valence-electron chi connectivity index (χ3n) is 10.9. The van der Waals surface area contributed by atoms with Crippen molar-refractivity contribution in [3.05, 3.63) is 119 Å². The molecular weight excluding hydrogens is 889 g/mol. The molecule has 0 fully saturated rings. The quantitative estimate of drug-likeness (QED) is 0.0516. The van der Waals surface area contributed by atoms with E-state index in [-0.39, 0.29) is 50.1 Å². The Morgan fingerprint density at radius 1 is 0.357 bits per heavy atom. The fourth-order valence-corrected chi connectivity index (χ4v) is 7.98. The van der Waals surface area contributed by atoms with Gasteiger partial charge in [-0.15, -0.1) is 0 Å². The molecule has 0 saturated carbocycles. The Labute approximate surface area is 417 Å². The molecule has 4 aromatic rings. The second kappa shape index (κ2) is 25.2. The smallest absolute Gasteiger partial charge is 0.344 e. The molecule has 0 heterocycles. The van der Waals surface area contributed by atoms with Gasteiger partial charge in [0.1, 0.15) is 45.4 Å². The number of hydrogen-bond acceptors (Lipinski definition) is 12. The monoisotopic (exact) mass is 967 g/mol. The minimum Gasteiger partial charge on any atom is -0.482 e. The molecule has 0 aliphatic rings. The standard InChI is InChI=1S/C58H78O12/c1-15-40(42-18-26-48(27-19-42)64-36-52(60)68-56(6,7)8)33-46(44-22-30-50(31-23-44)66-38-54(62)70-58(12,13)14)34-45(43-20-28-49(29-21-43)65-37-53(61)69-57(9,10)11)32-39(2)41-16-24-47(25-17-41)63-35-51(59)67-55(3,4)5/h16-31,39-40,45-46H,15,32-38H2,1-14H3. The molecule has 0 saturated heterocycles. The zero-order valence-electron chi connectivity index (χ0n) is 44.1. The molecule has 12 nitrogen and oxygen atoms in total. The lowest BCUT2D eigenvalue weighted by Gasteiger charge is -2.30. The lowest BCUT2D eigenvalue weighted by Crippen LogP contribution is -2.27. The molecule has 0 aliphatic carbocycles. The predicted octanol–water partition coefficient (Wildman–Crippen LogP) is 12.6. The van der Waals surface area contributed by atoms with E-state index in [0.29, 0.717) is 23.0 Å². The molecule has 0 radical (unpaired) electrons. The summed E-state index contributed by atoms with van der Waals surface area (Å²) in [5.74, 6) is 0.951. The van der Waals surface area contributed by atoms with Gasteiger partial charge < -0.3 is 37.9 Å². The highest BCUT2D eigenvalue weighted by Crippen LogP contribution is 2.43. The minimum atomic E-state index is -0.622.